The Bertz CT molecular complexity index is 1290. The number of pyridine rings is 1. The number of halogens is 1. The number of hydrazine groups is 1. The second-order valence-electron chi connectivity index (χ2n) is 6.24. The van der Waals surface area contributed by atoms with Crippen molar-refractivity contribution < 1.29 is 14.1 Å². The van der Waals surface area contributed by atoms with Crippen LogP contribution in [0.25, 0.3) is 10.9 Å². The summed E-state index contributed by atoms with van der Waals surface area (Å²) in [5, 5.41) is 15.5. The largest absolute Gasteiger partial charge is 0.355 e. The number of carbonyl (C=O) groups excluding carboxylic acids is 1. The highest BCUT2D eigenvalue weighted by atomic mass is 19.1. The summed E-state index contributed by atoms with van der Waals surface area (Å²) in [6, 6.07) is 14.3. The Kier molecular flexibility index (Phi) is 5.30. The van der Waals surface area contributed by atoms with Gasteiger partial charge in [-0.05, 0) is 24.3 Å². The molecule has 0 spiro atoms. The van der Waals surface area contributed by atoms with Gasteiger partial charge in [-0.1, -0.05) is 30.3 Å². The van der Waals surface area contributed by atoms with Crippen LogP contribution in [-0.4, -0.2) is 25.8 Å². The molecule has 0 saturated heterocycles. The van der Waals surface area contributed by atoms with E-state index in [0.717, 1.165) is 17.8 Å². The topological polar surface area (TPSA) is 135 Å². The molecule has 0 unspecified atom stereocenters. The molecule has 2 heterocycles. The van der Waals surface area contributed by atoms with Crippen LogP contribution in [0.4, 0.5) is 27.4 Å². The van der Waals surface area contributed by atoms with Crippen LogP contribution in [0.15, 0.2) is 67.1 Å². The lowest BCUT2D eigenvalue weighted by atomic mass is 10.2. The SMILES string of the molecule is O=C(NNc1ncnc(Nc2cccc3cccnc23)c1[N+](=O)[O-])c1ccccc1F. The van der Waals surface area contributed by atoms with Gasteiger partial charge >= 0.3 is 5.69 Å². The molecule has 3 N–H and O–H groups in total. The van der Waals surface area contributed by atoms with Gasteiger partial charge in [0.25, 0.3) is 5.91 Å². The molecule has 0 aliphatic rings. The van der Waals surface area contributed by atoms with E-state index in [1.807, 2.05) is 12.1 Å². The fourth-order valence-corrected chi connectivity index (χ4v) is 2.90. The van der Waals surface area contributed by atoms with E-state index in [-0.39, 0.29) is 17.2 Å². The van der Waals surface area contributed by atoms with E-state index in [0.29, 0.717) is 11.2 Å². The van der Waals surface area contributed by atoms with Crippen LogP contribution in [-0.2, 0) is 0 Å². The lowest BCUT2D eigenvalue weighted by Gasteiger charge is -2.12. The van der Waals surface area contributed by atoms with Crippen molar-refractivity contribution in [2.45, 2.75) is 0 Å². The van der Waals surface area contributed by atoms with Crippen LogP contribution in [0.3, 0.4) is 0 Å². The summed E-state index contributed by atoms with van der Waals surface area (Å²) >= 11 is 0. The number of hydrogen-bond acceptors (Lipinski definition) is 8. The first-order valence-electron chi connectivity index (χ1n) is 8.95. The van der Waals surface area contributed by atoms with Gasteiger partial charge in [0.2, 0.25) is 11.6 Å². The molecule has 10 nitrogen and oxygen atoms in total. The Labute approximate surface area is 174 Å². The normalized spacial score (nSPS) is 10.5. The summed E-state index contributed by atoms with van der Waals surface area (Å²) in [5.74, 6) is -1.94. The van der Waals surface area contributed by atoms with Crippen LogP contribution >= 0.6 is 0 Å². The molecule has 1 amide bonds. The molecule has 2 aromatic carbocycles. The van der Waals surface area contributed by atoms with Crippen LogP contribution < -0.4 is 16.2 Å². The molecule has 154 valence electrons. The van der Waals surface area contributed by atoms with Crippen molar-refractivity contribution in [3.05, 3.63) is 88.6 Å². The van der Waals surface area contributed by atoms with Gasteiger partial charge in [0.1, 0.15) is 12.1 Å². The summed E-state index contributed by atoms with van der Waals surface area (Å²) in [4.78, 5) is 35.3. The maximum atomic E-state index is 13.8. The van der Waals surface area contributed by atoms with E-state index in [9.17, 15) is 19.3 Å². The molecule has 0 aliphatic carbocycles. The van der Waals surface area contributed by atoms with Crippen molar-refractivity contribution in [2.75, 3.05) is 10.7 Å². The number of anilines is 3. The van der Waals surface area contributed by atoms with Crippen molar-refractivity contribution >= 4 is 39.8 Å². The second-order valence-corrected chi connectivity index (χ2v) is 6.24. The first-order valence-corrected chi connectivity index (χ1v) is 8.95. The number of nitro groups is 1. The molecular formula is C20H14FN7O3. The molecule has 0 fully saturated rings. The summed E-state index contributed by atoms with van der Waals surface area (Å²) in [7, 11) is 0. The average Bonchev–Trinajstić information content (AvgIpc) is 2.78. The van der Waals surface area contributed by atoms with E-state index >= 15 is 0 Å². The summed E-state index contributed by atoms with van der Waals surface area (Å²) < 4.78 is 13.8. The summed E-state index contributed by atoms with van der Waals surface area (Å²) in [6.07, 6.45) is 2.69. The highest BCUT2D eigenvalue weighted by Crippen LogP contribution is 2.32. The third-order valence-electron chi connectivity index (χ3n) is 4.30. The number of nitrogens with one attached hydrogen (secondary N) is 3. The molecule has 0 saturated carbocycles. The Morgan fingerprint density at radius 1 is 0.968 bits per heavy atom. The standard InChI is InChI=1S/C20H14FN7O3/c21-14-8-2-1-7-13(14)20(29)27-26-19-17(28(30)31)18(23-11-24-19)25-15-9-3-5-12-6-4-10-22-16(12)15/h1-11H,(H,27,29)(H2,23,24,25,26). The highest BCUT2D eigenvalue weighted by Gasteiger charge is 2.24. The minimum Gasteiger partial charge on any atom is -0.332 e. The molecule has 0 radical (unpaired) electrons. The smallest absolute Gasteiger partial charge is 0.332 e. The van der Waals surface area contributed by atoms with Gasteiger partial charge < -0.3 is 5.32 Å². The minimum absolute atomic E-state index is 0.110. The van der Waals surface area contributed by atoms with Gasteiger partial charge in [-0.25, -0.2) is 14.4 Å². The number of fused-ring (bicyclic) bond motifs is 1. The van der Waals surface area contributed by atoms with Crippen molar-refractivity contribution in [3.63, 3.8) is 0 Å². The van der Waals surface area contributed by atoms with Gasteiger partial charge in [0.15, 0.2) is 0 Å². The van der Waals surface area contributed by atoms with E-state index in [1.54, 1.807) is 24.4 Å². The maximum absolute atomic E-state index is 13.8. The molecule has 31 heavy (non-hydrogen) atoms. The van der Waals surface area contributed by atoms with E-state index in [2.05, 4.69) is 31.1 Å². The number of benzene rings is 2. The Hall–Kier alpha value is -4.67. The molecule has 0 bridgehead atoms. The van der Waals surface area contributed by atoms with Crippen LogP contribution in [0.1, 0.15) is 10.4 Å². The Morgan fingerprint density at radius 3 is 2.55 bits per heavy atom. The highest BCUT2D eigenvalue weighted by molar-refractivity contribution is 5.96. The number of aromatic nitrogens is 3. The van der Waals surface area contributed by atoms with Gasteiger partial charge in [-0.2, -0.15) is 0 Å². The number of carbonyl (C=O) groups is 1. The number of nitrogens with zero attached hydrogens (tertiary/aromatic N) is 4. The van der Waals surface area contributed by atoms with Gasteiger partial charge in [-0.3, -0.25) is 30.7 Å². The van der Waals surface area contributed by atoms with Crippen molar-refractivity contribution in [3.8, 4) is 0 Å². The maximum Gasteiger partial charge on any atom is 0.355 e. The predicted molar refractivity (Wildman–Crippen MR) is 111 cm³/mol. The fraction of sp³-hybridized carbons (Fsp3) is 0. The fourth-order valence-electron chi connectivity index (χ4n) is 2.90. The Balaban J connectivity index is 1.63. The van der Waals surface area contributed by atoms with Crippen molar-refractivity contribution in [2.24, 2.45) is 0 Å². The van der Waals surface area contributed by atoms with Crippen molar-refractivity contribution in [1.29, 1.82) is 0 Å². The van der Waals surface area contributed by atoms with Crippen LogP contribution in [0.2, 0.25) is 0 Å². The zero-order chi connectivity index (χ0) is 21.8. The van der Waals surface area contributed by atoms with Gasteiger partial charge in [0.05, 0.1) is 21.7 Å². The first-order chi connectivity index (χ1) is 15.0. The lowest BCUT2D eigenvalue weighted by Crippen LogP contribution is -2.31. The molecule has 2 aromatic heterocycles. The predicted octanol–water partition coefficient (Wildman–Crippen LogP) is 3.57. The average molecular weight is 419 g/mol. The van der Waals surface area contributed by atoms with E-state index < -0.39 is 22.3 Å². The zero-order valence-electron chi connectivity index (χ0n) is 15.7. The lowest BCUT2D eigenvalue weighted by molar-refractivity contribution is -0.383. The zero-order valence-corrected chi connectivity index (χ0v) is 15.7. The quantitative estimate of drug-likeness (QED) is 0.319. The molecule has 0 atom stereocenters. The summed E-state index contributed by atoms with van der Waals surface area (Å²) in [5.41, 5.74) is 4.94. The monoisotopic (exact) mass is 419 g/mol. The number of amides is 1. The third-order valence-corrected chi connectivity index (χ3v) is 4.30. The molecule has 4 rings (SSSR count). The number of rotatable bonds is 6. The molecule has 4 aromatic rings. The summed E-state index contributed by atoms with van der Waals surface area (Å²) in [6.45, 7) is 0. The van der Waals surface area contributed by atoms with Crippen LogP contribution in [0, 0.1) is 15.9 Å². The minimum atomic E-state index is -0.821. The second kappa shape index (κ2) is 8.37. The van der Waals surface area contributed by atoms with E-state index in [4.69, 9.17) is 0 Å². The molecule has 11 heteroatoms. The van der Waals surface area contributed by atoms with E-state index in [1.165, 1.54) is 18.2 Å². The molecule has 0 aliphatic heterocycles. The Morgan fingerprint density at radius 2 is 1.74 bits per heavy atom. The van der Waals surface area contributed by atoms with Gasteiger partial charge in [0, 0.05) is 11.6 Å². The van der Waals surface area contributed by atoms with Gasteiger partial charge in [-0.15, -0.1) is 0 Å². The first kappa shape index (κ1) is 19.6. The number of hydrogen-bond donors (Lipinski definition) is 3. The van der Waals surface area contributed by atoms with Crippen molar-refractivity contribution in [1.82, 2.24) is 20.4 Å². The number of para-hydroxylation sites is 1. The molecular weight excluding hydrogens is 405 g/mol. The van der Waals surface area contributed by atoms with Crippen LogP contribution in [0.5, 0.6) is 0 Å². The third kappa shape index (κ3) is 4.05.